The van der Waals surface area contributed by atoms with Crippen LogP contribution in [0.15, 0.2) is 18.5 Å². The molecule has 0 aliphatic heterocycles. The van der Waals surface area contributed by atoms with Crippen molar-refractivity contribution in [2.24, 2.45) is 7.05 Å². The maximum absolute atomic E-state index is 4.40. The Labute approximate surface area is 107 Å². The van der Waals surface area contributed by atoms with Gasteiger partial charge in [0, 0.05) is 30.9 Å². The summed E-state index contributed by atoms with van der Waals surface area (Å²) in [5.74, 6) is 0.974. The van der Waals surface area contributed by atoms with E-state index in [1.165, 1.54) is 5.56 Å². The van der Waals surface area contributed by atoms with Crippen molar-refractivity contribution in [2.45, 2.75) is 26.3 Å². The van der Waals surface area contributed by atoms with Crippen LogP contribution in [0.1, 0.15) is 28.8 Å². The quantitative estimate of drug-likeness (QED) is 0.883. The van der Waals surface area contributed by atoms with Gasteiger partial charge in [0.15, 0.2) is 0 Å². The average Bonchev–Trinajstić information content (AvgIpc) is 2.70. The summed E-state index contributed by atoms with van der Waals surface area (Å²) in [6.45, 7) is 4.04. The van der Waals surface area contributed by atoms with E-state index in [-0.39, 0.29) is 6.04 Å². The van der Waals surface area contributed by atoms with E-state index < -0.39 is 0 Å². The Morgan fingerprint density at radius 3 is 2.44 bits per heavy atom. The summed E-state index contributed by atoms with van der Waals surface area (Å²) in [6, 6.07) is 4.46. The number of aryl methyl sites for hydroxylation is 3. The van der Waals surface area contributed by atoms with Gasteiger partial charge in [0.2, 0.25) is 0 Å². The van der Waals surface area contributed by atoms with Crippen molar-refractivity contribution >= 4 is 0 Å². The lowest BCUT2D eigenvalue weighted by Crippen LogP contribution is -2.21. The van der Waals surface area contributed by atoms with Gasteiger partial charge in [-0.15, -0.1) is 0 Å². The zero-order valence-electron chi connectivity index (χ0n) is 11.3. The molecule has 0 saturated carbocycles. The van der Waals surface area contributed by atoms with Gasteiger partial charge in [0.05, 0.1) is 0 Å². The Hall–Kier alpha value is -1.75. The molecule has 0 saturated heterocycles. The summed E-state index contributed by atoms with van der Waals surface area (Å²) < 4.78 is 1.81. The van der Waals surface area contributed by atoms with Crippen LogP contribution in [-0.2, 0) is 13.5 Å². The minimum atomic E-state index is 0.230. The molecule has 18 heavy (non-hydrogen) atoms. The van der Waals surface area contributed by atoms with Crippen LogP contribution in [0.3, 0.4) is 0 Å². The molecule has 0 aromatic carbocycles. The Morgan fingerprint density at radius 2 is 1.94 bits per heavy atom. The molecular weight excluding hydrogens is 226 g/mol. The van der Waals surface area contributed by atoms with E-state index in [1.807, 2.05) is 32.6 Å². The van der Waals surface area contributed by atoms with Crippen molar-refractivity contribution < 1.29 is 0 Å². The van der Waals surface area contributed by atoms with Crippen molar-refractivity contribution in [3.63, 3.8) is 0 Å². The number of nitrogens with one attached hydrogen (secondary N) is 1. The topological polar surface area (TPSA) is 55.6 Å². The van der Waals surface area contributed by atoms with Gasteiger partial charge in [-0.1, -0.05) is 0 Å². The second-order valence-corrected chi connectivity index (χ2v) is 4.53. The van der Waals surface area contributed by atoms with Crippen molar-refractivity contribution in [3.8, 4) is 0 Å². The monoisotopic (exact) mass is 245 g/mol. The van der Waals surface area contributed by atoms with Gasteiger partial charge in [-0.25, -0.2) is 4.98 Å². The first-order chi connectivity index (χ1) is 8.60. The predicted molar refractivity (Wildman–Crippen MR) is 70.2 cm³/mol. The first kappa shape index (κ1) is 12.7. The van der Waals surface area contributed by atoms with Crippen LogP contribution in [0.2, 0.25) is 0 Å². The van der Waals surface area contributed by atoms with Gasteiger partial charge in [-0.2, -0.15) is 5.10 Å². The fourth-order valence-corrected chi connectivity index (χ4v) is 2.14. The van der Waals surface area contributed by atoms with Crippen molar-refractivity contribution in [1.82, 2.24) is 25.1 Å². The molecule has 2 aromatic rings. The highest BCUT2D eigenvalue weighted by Crippen LogP contribution is 2.18. The van der Waals surface area contributed by atoms with Crippen molar-refractivity contribution in [2.75, 3.05) is 7.05 Å². The number of nitrogens with zero attached hydrogens (tertiary/aromatic N) is 4. The number of pyridine rings is 1. The molecule has 1 atom stereocenters. The molecule has 0 bridgehead atoms. The van der Waals surface area contributed by atoms with Crippen LogP contribution in [-0.4, -0.2) is 26.8 Å². The SMILES string of the molecule is CNC(Cc1ncnn1C)c1cc(C)nc(C)c1. The molecule has 0 spiro atoms. The summed E-state index contributed by atoms with van der Waals surface area (Å²) in [4.78, 5) is 8.67. The summed E-state index contributed by atoms with van der Waals surface area (Å²) >= 11 is 0. The Bertz CT molecular complexity index is 512. The summed E-state index contributed by atoms with van der Waals surface area (Å²) in [5, 5.41) is 7.43. The molecule has 1 unspecified atom stereocenters. The Kier molecular flexibility index (Phi) is 3.72. The smallest absolute Gasteiger partial charge is 0.138 e. The molecule has 2 rings (SSSR count). The third kappa shape index (κ3) is 2.73. The van der Waals surface area contributed by atoms with Gasteiger partial charge in [-0.05, 0) is 38.6 Å². The first-order valence-corrected chi connectivity index (χ1v) is 6.05. The van der Waals surface area contributed by atoms with Crippen LogP contribution < -0.4 is 5.32 Å². The minimum absolute atomic E-state index is 0.230. The van der Waals surface area contributed by atoms with Gasteiger partial charge in [-0.3, -0.25) is 9.67 Å². The lowest BCUT2D eigenvalue weighted by atomic mass is 10.0. The van der Waals surface area contributed by atoms with E-state index in [0.29, 0.717) is 0 Å². The maximum atomic E-state index is 4.40. The standard InChI is InChI=1S/C13H19N5/c1-9-5-11(6-10(2)17-9)12(14-3)7-13-15-8-16-18(13)4/h5-6,8,12,14H,7H2,1-4H3. The lowest BCUT2D eigenvalue weighted by Gasteiger charge is -2.17. The molecule has 96 valence electrons. The summed E-state index contributed by atoms with van der Waals surface area (Å²) in [5.41, 5.74) is 3.33. The highest BCUT2D eigenvalue weighted by atomic mass is 15.3. The molecule has 0 radical (unpaired) electrons. The van der Waals surface area contributed by atoms with E-state index in [1.54, 1.807) is 6.33 Å². The maximum Gasteiger partial charge on any atom is 0.138 e. The number of hydrogen-bond donors (Lipinski definition) is 1. The molecule has 0 fully saturated rings. The lowest BCUT2D eigenvalue weighted by molar-refractivity contribution is 0.552. The van der Waals surface area contributed by atoms with Crippen LogP contribution in [0.4, 0.5) is 0 Å². The van der Waals surface area contributed by atoms with Gasteiger partial charge >= 0.3 is 0 Å². The van der Waals surface area contributed by atoms with Gasteiger partial charge in [0.1, 0.15) is 12.2 Å². The van der Waals surface area contributed by atoms with Gasteiger partial charge in [0.25, 0.3) is 0 Å². The third-order valence-corrected chi connectivity index (χ3v) is 3.05. The molecule has 5 nitrogen and oxygen atoms in total. The molecule has 5 heteroatoms. The molecule has 1 N–H and O–H groups in total. The van der Waals surface area contributed by atoms with E-state index in [9.17, 15) is 0 Å². The zero-order chi connectivity index (χ0) is 13.1. The highest BCUT2D eigenvalue weighted by Gasteiger charge is 2.14. The Balaban J connectivity index is 2.25. The van der Waals surface area contributed by atoms with Crippen molar-refractivity contribution in [3.05, 3.63) is 41.2 Å². The number of likely N-dealkylation sites (N-methyl/N-ethyl adjacent to an activating group) is 1. The molecule has 2 aromatic heterocycles. The molecular formula is C13H19N5. The summed E-state index contributed by atoms with van der Waals surface area (Å²) in [6.07, 6.45) is 2.40. The van der Waals surface area contributed by atoms with Crippen LogP contribution in [0, 0.1) is 13.8 Å². The summed E-state index contributed by atoms with van der Waals surface area (Å²) in [7, 11) is 3.88. The predicted octanol–water partition coefficient (Wildman–Crippen LogP) is 1.33. The van der Waals surface area contributed by atoms with E-state index >= 15 is 0 Å². The normalized spacial score (nSPS) is 12.7. The van der Waals surface area contributed by atoms with Crippen molar-refractivity contribution in [1.29, 1.82) is 0 Å². The van der Waals surface area contributed by atoms with E-state index in [2.05, 4.69) is 32.5 Å². The Morgan fingerprint density at radius 1 is 1.28 bits per heavy atom. The van der Waals surface area contributed by atoms with Crippen LogP contribution in [0.25, 0.3) is 0 Å². The molecule has 0 aliphatic carbocycles. The third-order valence-electron chi connectivity index (χ3n) is 3.05. The number of aromatic nitrogens is 4. The minimum Gasteiger partial charge on any atom is -0.313 e. The fourth-order valence-electron chi connectivity index (χ4n) is 2.14. The van der Waals surface area contributed by atoms with Gasteiger partial charge < -0.3 is 5.32 Å². The number of rotatable bonds is 4. The highest BCUT2D eigenvalue weighted by molar-refractivity contribution is 5.24. The van der Waals surface area contributed by atoms with E-state index in [4.69, 9.17) is 0 Å². The second kappa shape index (κ2) is 5.27. The second-order valence-electron chi connectivity index (χ2n) is 4.53. The van der Waals surface area contributed by atoms with E-state index in [0.717, 1.165) is 23.6 Å². The van der Waals surface area contributed by atoms with Crippen LogP contribution in [0.5, 0.6) is 0 Å². The number of hydrogen-bond acceptors (Lipinski definition) is 4. The van der Waals surface area contributed by atoms with Crippen LogP contribution >= 0.6 is 0 Å². The fraction of sp³-hybridized carbons (Fsp3) is 0.462. The molecule has 2 heterocycles. The first-order valence-electron chi connectivity index (χ1n) is 6.05. The largest absolute Gasteiger partial charge is 0.313 e. The average molecular weight is 245 g/mol. The zero-order valence-corrected chi connectivity index (χ0v) is 11.3. The molecule has 0 amide bonds. The molecule has 0 aliphatic rings.